The van der Waals surface area contributed by atoms with Crippen LogP contribution in [0.3, 0.4) is 0 Å². The first-order valence-electron chi connectivity index (χ1n) is 12.5. The summed E-state index contributed by atoms with van der Waals surface area (Å²) in [7, 11) is 2.58. The van der Waals surface area contributed by atoms with Gasteiger partial charge < -0.3 is 39.7 Å². The molecule has 5 N–H and O–H groups in total. The average Bonchev–Trinajstić information content (AvgIpc) is 2.87. The quantitative estimate of drug-likeness (QED) is 0.236. The molecule has 12 heteroatoms. The van der Waals surface area contributed by atoms with Gasteiger partial charge >= 0.3 is 0 Å². The highest BCUT2D eigenvalue weighted by atomic mass is 17.2. The Kier molecular flexibility index (Phi) is 8.47. The number of ether oxygens (including phenoxy) is 3. The number of hydrogen-bond acceptors (Lipinski definition) is 12. The fourth-order valence-corrected chi connectivity index (χ4v) is 5.50. The van der Waals surface area contributed by atoms with E-state index in [1.165, 1.54) is 34.1 Å². The second kappa shape index (κ2) is 11.3. The van der Waals surface area contributed by atoms with Crippen LogP contribution in [0.4, 0.5) is 0 Å². The van der Waals surface area contributed by atoms with Gasteiger partial charge in [0.2, 0.25) is 0 Å². The molecule has 1 aliphatic heterocycles. The van der Waals surface area contributed by atoms with Crippen molar-refractivity contribution in [3.63, 3.8) is 0 Å². The van der Waals surface area contributed by atoms with Crippen molar-refractivity contribution in [3.8, 4) is 17.2 Å². The van der Waals surface area contributed by atoms with E-state index in [-0.39, 0.29) is 46.2 Å². The highest BCUT2D eigenvalue weighted by molar-refractivity contribution is 6.11. The molecule has 2 aromatic carbocycles. The number of benzene rings is 2. The van der Waals surface area contributed by atoms with E-state index in [1.54, 1.807) is 13.0 Å². The third-order valence-electron chi connectivity index (χ3n) is 7.62. The number of fused-ring (bicyclic) bond motifs is 2. The second-order valence-corrected chi connectivity index (χ2v) is 10.1. The van der Waals surface area contributed by atoms with Crippen molar-refractivity contribution in [2.75, 3.05) is 14.2 Å². The van der Waals surface area contributed by atoms with E-state index in [2.05, 4.69) is 0 Å². The SMILES string of the molecule is COOC1CC(O[C@@H]2C(=O)c3c(cc4cc(O)c(C)c(O)c4c3O)C[C@H]2[C@H](OC)C(O)C(C)=O)OC(C)[C@H]1O. The predicted octanol–water partition coefficient (Wildman–Crippen LogP) is 1.41. The molecule has 39 heavy (non-hydrogen) atoms. The van der Waals surface area contributed by atoms with Crippen LogP contribution in [0.25, 0.3) is 10.8 Å². The fraction of sp³-hybridized carbons (Fsp3) is 0.556. The zero-order chi connectivity index (χ0) is 28.8. The van der Waals surface area contributed by atoms with E-state index in [9.17, 15) is 35.1 Å². The van der Waals surface area contributed by atoms with Crippen LogP contribution in [0.1, 0.15) is 41.8 Å². The zero-order valence-corrected chi connectivity index (χ0v) is 22.3. The summed E-state index contributed by atoms with van der Waals surface area (Å²) in [5, 5.41) is 53.4. The minimum Gasteiger partial charge on any atom is -0.508 e. The number of Topliss-reactive ketones (excluding diaryl/α,β-unsaturated/α-hetero) is 2. The molecule has 0 bridgehead atoms. The summed E-state index contributed by atoms with van der Waals surface area (Å²) in [6.07, 6.45) is -7.79. The number of hydrogen-bond donors (Lipinski definition) is 5. The normalized spacial score (nSPS) is 28.7. The zero-order valence-electron chi connectivity index (χ0n) is 22.3. The third-order valence-corrected chi connectivity index (χ3v) is 7.62. The van der Waals surface area contributed by atoms with Crippen molar-refractivity contribution in [2.45, 2.75) is 76.5 Å². The Hall–Kier alpha value is -2.84. The van der Waals surface area contributed by atoms with Crippen molar-refractivity contribution < 1.29 is 59.1 Å². The van der Waals surface area contributed by atoms with Crippen LogP contribution >= 0.6 is 0 Å². The lowest BCUT2D eigenvalue weighted by Crippen LogP contribution is -2.54. The Morgan fingerprint density at radius 2 is 1.85 bits per heavy atom. The Morgan fingerprint density at radius 1 is 1.15 bits per heavy atom. The van der Waals surface area contributed by atoms with Gasteiger partial charge in [-0.05, 0) is 50.3 Å². The second-order valence-electron chi connectivity index (χ2n) is 10.1. The summed E-state index contributed by atoms with van der Waals surface area (Å²) in [4.78, 5) is 36.0. The number of methoxy groups -OCH3 is 1. The molecular weight excluding hydrogens is 516 g/mol. The summed E-state index contributed by atoms with van der Waals surface area (Å²) in [5.41, 5.74) is 0.372. The average molecular weight is 551 g/mol. The maximum atomic E-state index is 14.0. The van der Waals surface area contributed by atoms with Gasteiger partial charge in [0.25, 0.3) is 0 Å². The van der Waals surface area contributed by atoms with Gasteiger partial charge in [-0.25, -0.2) is 9.78 Å². The first-order valence-corrected chi connectivity index (χ1v) is 12.5. The molecule has 0 spiro atoms. The number of carbonyl (C=O) groups is 2. The minimum absolute atomic E-state index is 0.0131. The minimum atomic E-state index is -1.58. The van der Waals surface area contributed by atoms with E-state index in [0.29, 0.717) is 5.56 Å². The van der Waals surface area contributed by atoms with Crippen LogP contribution in [-0.2, 0) is 35.2 Å². The van der Waals surface area contributed by atoms with Crippen molar-refractivity contribution in [1.82, 2.24) is 0 Å². The molecule has 2 aliphatic rings. The number of rotatable bonds is 8. The molecule has 4 unspecified atom stereocenters. The van der Waals surface area contributed by atoms with Gasteiger partial charge in [0.1, 0.15) is 41.7 Å². The molecule has 0 radical (unpaired) electrons. The van der Waals surface area contributed by atoms with E-state index < -0.39 is 66.1 Å². The molecule has 0 saturated carbocycles. The van der Waals surface area contributed by atoms with Crippen LogP contribution in [0.15, 0.2) is 12.1 Å². The number of ketones is 2. The monoisotopic (exact) mass is 550 g/mol. The maximum Gasteiger partial charge on any atom is 0.196 e. The van der Waals surface area contributed by atoms with E-state index in [4.69, 9.17) is 24.0 Å². The molecule has 8 atom stereocenters. The largest absolute Gasteiger partial charge is 0.508 e. The van der Waals surface area contributed by atoms with Crippen LogP contribution in [-0.4, -0.2) is 94.2 Å². The third kappa shape index (κ3) is 5.21. The Morgan fingerprint density at radius 3 is 2.46 bits per heavy atom. The number of aromatic hydroxyl groups is 3. The molecule has 0 amide bonds. The number of carbonyl (C=O) groups excluding carboxylic acids is 2. The molecule has 12 nitrogen and oxygen atoms in total. The van der Waals surface area contributed by atoms with Gasteiger partial charge in [-0.2, -0.15) is 0 Å². The Bertz CT molecular complexity index is 1260. The molecule has 1 fully saturated rings. The number of aliphatic hydroxyl groups is 2. The molecule has 4 rings (SSSR count). The maximum absolute atomic E-state index is 14.0. The smallest absolute Gasteiger partial charge is 0.196 e. The van der Waals surface area contributed by atoms with Crippen LogP contribution in [0.5, 0.6) is 17.2 Å². The van der Waals surface area contributed by atoms with E-state index in [1.807, 2.05) is 0 Å². The predicted molar refractivity (Wildman–Crippen MR) is 134 cm³/mol. The Labute approximate surface area is 224 Å². The molecule has 214 valence electrons. The van der Waals surface area contributed by atoms with Gasteiger partial charge in [0, 0.05) is 25.0 Å². The molecule has 1 saturated heterocycles. The van der Waals surface area contributed by atoms with Gasteiger partial charge in [0.15, 0.2) is 17.9 Å². The van der Waals surface area contributed by atoms with Crippen molar-refractivity contribution in [1.29, 1.82) is 0 Å². The first kappa shape index (κ1) is 29.2. The van der Waals surface area contributed by atoms with Crippen LogP contribution in [0, 0.1) is 12.8 Å². The summed E-state index contributed by atoms with van der Waals surface area (Å²) >= 11 is 0. The summed E-state index contributed by atoms with van der Waals surface area (Å²) in [5.74, 6) is -3.24. The highest BCUT2D eigenvalue weighted by Gasteiger charge is 2.48. The summed E-state index contributed by atoms with van der Waals surface area (Å²) in [6, 6.07) is 2.92. The molecule has 0 aromatic heterocycles. The number of phenols is 3. The van der Waals surface area contributed by atoms with Crippen molar-refractivity contribution in [3.05, 3.63) is 28.8 Å². The number of aliphatic hydroxyl groups excluding tert-OH is 2. The first-order chi connectivity index (χ1) is 18.4. The molecule has 1 aliphatic carbocycles. The summed E-state index contributed by atoms with van der Waals surface area (Å²) < 4.78 is 17.4. The van der Waals surface area contributed by atoms with E-state index in [0.717, 1.165) is 0 Å². The molecule has 1 heterocycles. The van der Waals surface area contributed by atoms with Crippen LogP contribution in [0.2, 0.25) is 0 Å². The lowest BCUT2D eigenvalue weighted by Gasteiger charge is -2.42. The van der Waals surface area contributed by atoms with Gasteiger partial charge in [0.05, 0.1) is 30.3 Å². The van der Waals surface area contributed by atoms with Gasteiger partial charge in [-0.1, -0.05) is 0 Å². The topological polar surface area (TPSA) is 181 Å². The molecular formula is C27H34O12. The fourth-order valence-electron chi connectivity index (χ4n) is 5.50. The summed E-state index contributed by atoms with van der Waals surface area (Å²) in [6.45, 7) is 4.25. The van der Waals surface area contributed by atoms with E-state index >= 15 is 0 Å². The standard InChI is InChI=1S/C27H34O12/c1-10-16(29)8-14-6-13-7-15(26(35-4)22(31)11(2)28)27(25(34)20(13)24(33)19(14)21(10)30)38-18-9-17(39-36-5)23(32)12(3)37-18/h6,8,12,15,17-18,22-23,26-27,29-33H,7,9H2,1-5H3/t12?,15-,17?,18?,22?,23+,26-,27-/m0/s1. The lowest BCUT2D eigenvalue weighted by molar-refractivity contribution is -0.360. The van der Waals surface area contributed by atoms with Gasteiger partial charge in [-0.15, -0.1) is 0 Å². The van der Waals surface area contributed by atoms with Crippen molar-refractivity contribution >= 4 is 22.3 Å². The highest BCUT2D eigenvalue weighted by Crippen LogP contribution is 2.46. The number of phenolic OH excluding ortho intramolecular Hbond substituents is 3. The van der Waals surface area contributed by atoms with Gasteiger partial charge in [-0.3, -0.25) is 9.59 Å². The molecule has 2 aromatic rings. The lowest BCUT2D eigenvalue weighted by atomic mass is 9.75. The van der Waals surface area contributed by atoms with Crippen molar-refractivity contribution in [2.24, 2.45) is 5.92 Å². The Balaban J connectivity index is 1.81. The van der Waals surface area contributed by atoms with Crippen LogP contribution < -0.4 is 0 Å².